The Hall–Kier alpha value is -3.56. The number of nitrogens with zero attached hydrogens (tertiary/aromatic N) is 2. The summed E-state index contributed by atoms with van der Waals surface area (Å²) in [6.45, 7) is 4.99. The first-order valence-corrected chi connectivity index (χ1v) is 11.8. The number of carbonyl (C=O) groups excluding carboxylic acids is 3. The van der Waals surface area contributed by atoms with Crippen LogP contribution >= 0.6 is 22.9 Å². The van der Waals surface area contributed by atoms with Crippen LogP contribution in [0.15, 0.2) is 48.0 Å². The normalized spacial score (nSPS) is 17.2. The zero-order valence-electron chi connectivity index (χ0n) is 19.0. The molecule has 1 unspecified atom stereocenters. The Morgan fingerprint density at radius 1 is 1.20 bits per heavy atom. The molecule has 7 nitrogen and oxygen atoms in total. The van der Waals surface area contributed by atoms with E-state index in [4.69, 9.17) is 16.3 Å². The van der Waals surface area contributed by atoms with Crippen molar-refractivity contribution in [1.82, 2.24) is 4.98 Å². The highest BCUT2D eigenvalue weighted by atomic mass is 35.5. The Labute approximate surface area is 209 Å². The molecule has 4 rings (SSSR count). The number of benzene rings is 2. The maximum absolute atomic E-state index is 14.2. The zero-order valence-corrected chi connectivity index (χ0v) is 20.5. The third-order valence-electron chi connectivity index (χ3n) is 5.53. The molecular weight excluding hydrogens is 495 g/mol. The minimum Gasteiger partial charge on any atom is -0.507 e. The highest BCUT2D eigenvalue weighted by Gasteiger charge is 2.48. The maximum Gasteiger partial charge on any atom is 0.350 e. The van der Waals surface area contributed by atoms with Crippen LogP contribution in [0, 0.1) is 19.7 Å². The molecule has 1 aliphatic rings. The van der Waals surface area contributed by atoms with Crippen LogP contribution in [-0.2, 0) is 14.3 Å². The smallest absolute Gasteiger partial charge is 0.350 e. The SMILES string of the molecule is CCOC(=O)c1sc(N2C(=O)C(=O)/C(=C(/O)c3ccc(C)c(F)c3)C2c2ccc(Cl)cc2)nc1C. The van der Waals surface area contributed by atoms with Crippen LogP contribution in [0.4, 0.5) is 9.52 Å². The lowest BCUT2D eigenvalue weighted by Crippen LogP contribution is -2.29. The van der Waals surface area contributed by atoms with Crippen molar-refractivity contribution in [2.24, 2.45) is 0 Å². The summed E-state index contributed by atoms with van der Waals surface area (Å²) in [6.07, 6.45) is 0. The molecule has 1 amide bonds. The number of anilines is 1. The van der Waals surface area contributed by atoms with Gasteiger partial charge in [-0.15, -0.1) is 0 Å². The van der Waals surface area contributed by atoms with Crippen LogP contribution < -0.4 is 4.90 Å². The number of halogens is 2. The monoisotopic (exact) mass is 514 g/mol. The summed E-state index contributed by atoms with van der Waals surface area (Å²) < 4.78 is 19.3. The molecule has 0 bridgehead atoms. The second-order valence-corrected chi connectivity index (χ2v) is 9.23. The van der Waals surface area contributed by atoms with E-state index in [2.05, 4.69) is 4.98 Å². The van der Waals surface area contributed by atoms with Gasteiger partial charge in [0, 0.05) is 10.6 Å². The average molecular weight is 515 g/mol. The molecule has 2 aromatic carbocycles. The number of carbonyl (C=O) groups is 3. The molecule has 10 heteroatoms. The van der Waals surface area contributed by atoms with Gasteiger partial charge in [-0.05, 0) is 50.1 Å². The van der Waals surface area contributed by atoms with Crippen molar-refractivity contribution in [3.05, 3.63) is 86.1 Å². The van der Waals surface area contributed by atoms with Crippen LogP contribution in [0.2, 0.25) is 5.02 Å². The average Bonchev–Trinajstić information content (AvgIpc) is 3.33. The number of aliphatic hydroxyl groups is 1. The molecule has 1 saturated heterocycles. The quantitative estimate of drug-likeness (QED) is 0.213. The molecule has 1 fully saturated rings. The first-order valence-electron chi connectivity index (χ1n) is 10.6. The fourth-order valence-corrected chi connectivity index (χ4v) is 4.87. The largest absolute Gasteiger partial charge is 0.507 e. The first-order chi connectivity index (χ1) is 16.6. The molecule has 0 radical (unpaired) electrons. The summed E-state index contributed by atoms with van der Waals surface area (Å²) in [4.78, 5) is 44.4. The van der Waals surface area contributed by atoms with Crippen molar-refractivity contribution in [1.29, 1.82) is 0 Å². The minimum absolute atomic E-state index is 0.0487. The van der Waals surface area contributed by atoms with Gasteiger partial charge in [-0.3, -0.25) is 14.5 Å². The minimum atomic E-state index is -1.09. The molecule has 1 atom stereocenters. The molecule has 0 saturated carbocycles. The Morgan fingerprint density at radius 3 is 2.51 bits per heavy atom. The number of ether oxygens (including phenoxy) is 1. The molecule has 0 aliphatic carbocycles. The number of aryl methyl sites for hydroxylation is 2. The van der Waals surface area contributed by atoms with Crippen LogP contribution in [0.3, 0.4) is 0 Å². The molecule has 2 heterocycles. The predicted octanol–water partition coefficient (Wildman–Crippen LogP) is 5.36. The lowest BCUT2D eigenvalue weighted by molar-refractivity contribution is -0.132. The number of rotatable bonds is 5. The van der Waals surface area contributed by atoms with Crippen molar-refractivity contribution in [2.75, 3.05) is 11.5 Å². The molecular formula is C25H20ClFN2O5S. The van der Waals surface area contributed by atoms with Gasteiger partial charge in [-0.2, -0.15) is 0 Å². The van der Waals surface area contributed by atoms with Gasteiger partial charge in [0.05, 0.1) is 23.9 Å². The summed E-state index contributed by atoms with van der Waals surface area (Å²) in [6, 6.07) is 9.34. The second-order valence-electron chi connectivity index (χ2n) is 7.82. The summed E-state index contributed by atoms with van der Waals surface area (Å²) in [5.74, 6) is -3.59. The third kappa shape index (κ3) is 4.44. The predicted molar refractivity (Wildman–Crippen MR) is 130 cm³/mol. The van der Waals surface area contributed by atoms with E-state index in [0.29, 0.717) is 21.8 Å². The summed E-state index contributed by atoms with van der Waals surface area (Å²) in [5.41, 5.74) is 0.980. The summed E-state index contributed by atoms with van der Waals surface area (Å²) in [7, 11) is 0. The number of aromatic nitrogens is 1. The van der Waals surface area contributed by atoms with Gasteiger partial charge in [-0.1, -0.05) is 47.2 Å². The van der Waals surface area contributed by atoms with Gasteiger partial charge in [0.2, 0.25) is 0 Å². The van der Waals surface area contributed by atoms with Crippen LogP contribution in [0.1, 0.15) is 45.0 Å². The van der Waals surface area contributed by atoms with Crippen molar-refractivity contribution in [2.45, 2.75) is 26.8 Å². The first kappa shape index (κ1) is 24.6. The molecule has 180 valence electrons. The number of hydrogen-bond donors (Lipinski definition) is 1. The highest BCUT2D eigenvalue weighted by molar-refractivity contribution is 7.17. The van der Waals surface area contributed by atoms with E-state index in [9.17, 15) is 23.9 Å². The molecule has 35 heavy (non-hydrogen) atoms. The molecule has 3 aromatic rings. The zero-order chi connectivity index (χ0) is 25.4. The Morgan fingerprint density at radius 2 is 1.89 bits per heavy atom. The van der Waals surface area contributed by atoms with E-state index >= 15 is 0 Å². The summed E-state index contributed by atoms with van der Waals surface area (Å²) in [5, 5.41) is 11.6. The standard InChI is InChI=1S/C25H20ClFN2O5S/c1-4-34-24(33)22-13(3)28-25(35-22)29-19(14-7-9-16(26)10-8-14)18(21(31)23(29)32)20(30)15-6-5-12(2)17(27)11-15/h5-11,19,30H,4H2,1-3H3/b20-18+. The van der Waals surface area contributed by atoms with Gasteiger partial charge in [0.25, 0.3) is 5.78 Å². The van der Waals surface area contributed by atoms with E-state index in [1.165, 1.54) is 12.1 Å². The van der Waals surface area contributed by atoms with Crippen molar-refractivity contribution in [3.63, 3.8) is 0 Å². The fraction of sp³-hybridized carbons (Fsp3) is 0.200. The number of Topliss-reactive ketones (excluding diaryl/α,β-unsaturated/α-hetero) is 1. The van der Waals surface area contributed by atoms with Gasteiger partial charge >= 0.3 is 11.9 Å². The Bertz CT molecular complexity index is 1380. The van der Waals surface area contributed by atoms with E-state index in [0.717, 1.165) is 22.3 Å². The van der Waals surface area contributed by atoms with Crippen LogP contribution in [-0.4, -0.2) is 34.4 Å². The Balaban J connectivity index is 1.92. The fourth-order valence-electron chi connectivity index (χ4n) is 3.76. The lowest BCUT2D eigenvalue weighted by Gasteiger charge is -2.23. The van der Waals surface area contributed by atoms with E-state index in [-0.39, 0.29) is 27.8 Å². The topological polar surface area (TPSA) is 96.8 Å². The number of amides is 1. The van der Waals surface area contributed by atoms with E-state index < -0.39 is 35.3 Å². The van der Waals surface area contributed by atoms with Crippen LogP contribution in [0.25, 0.3) is 5.76 Å². The number of ketones is 1. The van der Waals surface area contributed by atoms with E-state index in [1.54, 1.807) is 45.0 Å². The van der Waals surface area contributed by atoms with E-state index in [1.807, 2.05) is 0 Å². The highest BCUT2D eigenvalue weighted by Crippen LogP contribution is 2.44. The van der Waals surface area contributed by atoms with Crippen molar-refractivity contribution >= 4 is 51.5 Å². The molecule has 1 N–H and O–H groups in total. The van der Waals surface area contributed by atoms with Gasteiger partial charge < -0.3 is 9.84 Å². The number of hydrogen-bond acceptors (Lipinski definition) is 7. The summed E-state index contributed by atoms with van der Waals surface area (Å²) >= 11 is 6.94. The van der Waals surface area contributed by atoms with Gasteiger partial charge in [0.1, 0.15) is 16.5 Å². The molecule has 1 aromatic heterocycles. The molecule has 0 spiro atoms. The molecule has 1 aliphatic heterocycles. The third-order valence-corrected chi connectivity index (χ3v) is 6.92. The Kier molecular flexibility index (Phi) is 6.73. The van der Waals surface area contributed by atoms with Crippen molar-refractivity contribution in [3.8, 4) is 0 Å². The van der Waals surface area contributed by atoms with Crippen molar-refractivity contribution < 1.29 is 28.6 Å². The number of thiazole rings is 1. The van der Waals surface area contributed by atoms with Gasteiger partial charge in [0.15, 0.2) is 5.13 Å². The lowest BCUT2D eigenvalue weighted by atomic mass is 9.95. The number of esters is 1. The van der Waals surface area contributed by atoms with Crippen LogP contribution in [0.5, 0.6) is 0 Å². The maximum atomic E-state index is 14.2. The number of aliphatic hydroxyl groups excluding tert-OH is 1. The van der Waals surface area contributed by atoms with Gasteiger partial charge in [-0.25, -0.2) is 14.2 Å². The second kappa shape index (κ2) is 9.59.